The molecule has 112 valence electrons. The fourth-order valence-electron chi connectivity index (χ4n) is 1.32. The molecule has 0 aliphatic rings. The number of likely N-dealkylation sites (N-methyl/N-ethyl adjacent to an activating group) is 1. The summed E-state index contributed by atoms with van der Waals surface area (Å²) in [7, 11) is -2.67. The zero-order valence-corrected chi connectivity index (χ0v) is 12.6. The van der Waals surface area contributed by atoms with Crippen LogP contribution in [-0.4, -0.2) is 36.4 Å². The molecule has 1 aromatic rings. The lowest BCUT2D eigenvalue weighted by Crippen LogP contribution is -2.25. The van der Waals surface area contributed by atoms with Gasteiger partial charge in [0.15, 0.2) is 0 Å². The van der Waals surface area contributed by atoms with E-state index < -0.39 is 10.4 Å². The molecule has 0 fully saturated rings. The molecular weight excluding hydrogens is 280 g/mol. The van der Waals surface area contributed by atoms with E-state index >= 15 is 0 Å². The summed E-state index contributed by atoms with van der Waals surface area (Å²) in [5, 5.41) is 0. The highest BCUT2D eigenvalue weighted by Gasteiger charge is 2.04. The molecule has 0 amide bonds. The van der Waals surface area contributed by atoms with Crippen LogP contribution in [0.5, 0.6) is 0 Å². The number of benzene rings is 1. The minimum Gasteiger partial charge on any atom is -0.330 e. The summed E-state index contributed by atoms with van der Waals surface area (Å²) in [5.74, 6) is 0.899. The van der Waals surface area contributed by atoms with Gasteiger partial charge in [-0.1, -0.05) is 24.8 Å². The van der Waals surface area contributed by atoms with Crippen molar-refractivity contribution >= 4 is 21.9 Å². The second-order valence-electron chi connectivity index (χ2n) is 4.13. The number of hydrogen-bond donors (Lipinski definition) is 2. The molecule has 0 saturated heterocycles. The molecule has 0 spiro atoms. The maximum Gasteiger partial charge on any atom is 0.394 e. The molecule has 0 unspecified atom stereocenters. The van der Waals surface area contributed by atoms with Gasteiger partial charge < -0.3 is 4.90 Å². The third kappa shape index (κ3) is 9.26. The van der Waals surface area contributed by atoms with Crippen LogP contribution >= 0.6 is 0 Å². The molecule has 1 aromatic carbocycles. The van der Waals surface area contributed by atoms with Crippen LogP contribution in [0.3, 0.4) is 0 Å². The molecule has 0 aliphatic heterocycles. The largest absolute Gasteiger partial charge is 0.394 e. The first-order valence-electron chi connectivity index (χ1n) is 5.84. The molecule has 0 bridgehead atoms. The van der Waals surface area contributed by atoms with Gasteiger partial charge in [0, 0.05) is 18.8 Å². The first kappa shape index (κ1) is 18.3. The van der Waals surface area contributed by atoms with Crippen LogP contribution in [0.2, 0.25) is 0 Å². The summed E-state index contributed by atoms with van der Waals surface area (Å²) in [4.78, 5) is 6.53. The standard InChI is InChI=1S/C13H18N2.H2O4S/c1-5-13(14-11(2)3)15(4)12-9-7-6-8-10-12;1-5(2,3)4/h5-11H,1H2,2-4H3;(H2,1,2,3,4). The number of para-hydroxylation sites is 1. The minimum absolute atomic E-state index is 0.282. The SMILES string of the molecule is C=CC(=NC(C)C)N(C)c1ccccc1.O=S(=O)(O)O. The van der Waals surface area contributed by atoms with E-state index in [-0.39, 0.29) is 6.04 Å². The van der Waals surface area contributed by atoms with Crippen LogP contribution in [0.1, 0.15) is 13.8 Å². The van der Waals surface area contributed by atoms with E-state index in [2.05, 4.69) is 37.6 Å². The van der Waals surface area contributed by atoms with Crippen LogP contribution in [0.15, 0.2) is 48.0 Å². The smallest absolute Gasteiger partial charge is 0.330 e. The second-order valence-corrected chi connectivity index (χ2v) is 5.02. The Labute approximate surface area is 120 Å². The lowest BCUT2D eigenvalue weighted by Gasteiger charge is -2.19. The Bertz CT molecular complexity index is 531. The topological polar surface area (TPSA) is 90.2 Å². The fourth-order valence-corrected chi connectivity index (χ4v) is 1.32. The van der Waals surface area contributed by atoms with E-state index in [0.717, 1.165) is 11.5 Å². The van der Waals surface area contributed by atoms with Crippen LogP contribution in [0.25, 0.3) is 0 Å². The average Bonchev–Trinajstić information content (AvgIpc) is 2.34. The van der Waals surface area contributed by atoms with Gasteiger partial charge in [-0.15, -0.1) is 0 Å². The molecule has 0 aromatic heterocycles. The van der Waals surface area contributed by atoms with Gasteiger partial charge in [0.1, 0.15) is 5.84 Å². The number of amidine groups is 1. The number of hydrogen-bond acceptors (Lipinski definition) is 3. The van der Waals surface area contributed by atoms with Gasteiger partial charge in [0.2, 0.25) is 0 Å². The summed E-state index contributed by atoms with van der Waals surface area (Å²) in [6.45, 7) is 7.90. The summed E-state index contributed by atoms with van der Waals surface area (Å²) >= 11 is 0. The van der Waals surface area contributed by atoms with Crippen molar-refractivity contribution in [1.29, 1.82) is 0 Å². The van der Waals surface area contributed by atoms with Crippen molar-refractivity contribution in [3.05, 3.63) is 43.0 Å². The zero-order valence-electron chi connectivity index (χ0n) is 11.8. The van der Waals surface area contributed by atoms with Gasteiger partial charge >= 0.3 is 10.4 Å². The van der Waals surface area contributed by atoms with Crippen LogP contribution in [0, 0.1) is 0 Å². The fraction of sp³-hybridized carbons (Fsp3) is 0.308. The zero-order chi connectivity index (χ0) is 15.8. The van der Waals surface area contributed by atoms with Gasteiger partial charge in [0.05, 0.1) is 0 Å². The molecule has 2 N–H and O–H groups in total. The first-order chi connectivity index (χ1) is 9.15. The predicted molar refractivity (Wildman–Crippen MR) is 81.8 cm³/mol. The van der Waals surface area contributed by atoms with Crippen LogP contribution in [0.4, 0.5) is 5.69 Å². The molecule has 1 rings (SSSR count). The molecule has 6 nitrogen and oxygen atoms in total. The molecule has 0 saturated carbocycles. The van der Waals surface area contributed by atoms with Gasteiger partial charge in [-0.25, -0.2) is 0 Å². The Hall–Kier alpha value is -1.70. The van der Waals surface area contributed by atoms with E-state index in [4.69, 9.17) is 17.5 Å². The van der Waals surface area contributed by atoms with Crippen molar-refractivity contribution < 1.29 is 17.5 Å². The quantitative estimate of drug-likeness (QED) is 0.508. The molecular formula is C13H20N2O4S. The number of nitrogens with zero attached hydrogens (tertiary/aromatic N) is 2. The van der Waals surface area contributed by atoms with E-state index in [1.54, 1.807) is 6.08 Å². The summed E-state index contributed by atoms with van der Waals surface area (Å²) in [6, 6.07) is 10.4. The number of anilines is 1. The van der Waals surface area contributed by atoms with Gasteiger partial charge in [-0.05, 0) is 32.1 Å². The lowest BCUT2D eigenvalue weighted by molar-refractivity contribution is 0.381. The maximum atomic E-state index is 8.74. The molecule has 0 radical (unpaired) electrons. The van der Waals surface area contributed by atoms with Crippen molar-refractivity contribution in [1.82, 2.24) is 0 Å². The van der Waals surface area contributed by atoms with E-state index in [1.807, 2.05) is 30.1 Å². The normalized spacial score (nSPS) is 11.6. The van der Waals surface area contributed by atoms with Crippen LogP contribution < -0.4 is 4.90 Å². The molecule has 20 heavy (non-hydrogen) atoms. The maximum absolute atomic E-state index is 8.74. The van der Waals surface area contributed by atoms with Gasteiger partial charge in [-0.3, -0.25) is 14.1 Å². The minimum atomic E-state index is -4.67. The van der Waals surface area contributed by atoms with Crippen LogP contribution in [-0.2, 0) is 10.4 Å². The van der Waals surface area contributed by atoms with E-state index in [9.17, 15) is 0 Å². The van der Waals surface area contributed by atoms with E-state index in [1.165, 1.54) is 0 Å². The van der Waals surface area contributed by atoms with Crippen molar-refractivity contribution in [3.63, 3.8) is 0 Å². The molecule has 0 aliphatic carbocycles. The highest BCUT2D eigenvalue weighted by atomic mass is 32.3. The third-order valence-corrected chi connectivity index (χ3v) is 2.06. The average molecular weight is 300 g/mol. The molecule has 0 heterocycles. The lowest BCUT2D eigenvalue weighted by atomic mass is 10.3. The van der Waals surface area contributed by atoms with Crippen molar-refractivity contribution in [3.8, 4) is 0 Å². The molecule has 0 atom stereocenters. The molecule has 7 heteroatoms. The Morgan fingerprint density at radius 1 is 1.30 bits per heavy atom. The van der Waals surface area contributed by atoms with Crippen molar-refractivity contribution in [2.75, 3.05) is 11.9 Å². The Morgan fingerprint density at radius 3 is 2.10 bits per heavy atom. The van der Waals surface area contributed by atoms with Gasteiger partial charge in [0.25, 0.3) is 0 Å². The Kier molecular flexibility index (Phi) is 7.75. The number of aliphatic imine (C=N–C) groups is 1. The summed E-state index contributed by atoms with van der Waals surface area (Å²) in [5.41, 5.74) is 1.12. The first-order valence-corrected chi connectivity index (χ1v) is 7.23. The highest BCUT2D eigenvalue weighted by Crippen LogP contribution is 2.12. The predicted octanol–water partition coefficient (Wildman–Crippen LogP) is 2.46. The Balaban J connectivity index is 0.000000621. The van der Waals surface area contributed by atoms with Gasteiger partial charge in [-0.2, -0.15) is 8.42 Å². The summed E-state index contributed by atoms with van der Waals surface area (Å²) < 4.78 is 31.6. The third-order valence-electron chi connectivity index (χ3n) is 2.06. The van der Waals surface area contributed by atoms with Crippen molar-refractivity contribution in [2.24, 2.45) is 4.99 Å². The second kappa shape index (κ2) is 8.47. The highest BCUT2D eigenvalue weighted by molar-refractivity contribution is 7.79. The Morgan fingerprint density at radius 2 is 1.75 bits per heavy atom. The monoisotopic (exact) mass is 300 g/mol. The van der Waals surface area contributed by atoms with E-state index in [0.29, 0.717) is 0 Å². The van der Waals surface area contributed by atoms with Crippen molar-refractivity contribution in [2.45, 2.75) is 19.9 Å². The number of rotatable bonds is 3. The summed E-state index contributed by atoms with van der Waals surface area (Å²) in [6.07, 6.45) is 1.78.